The number of aromatic nitrogens is 2. The number of rotatable bonds is 5. The lowest BCUT2D eigenvalue weighted by molar-refractivity contribution is 0.258. The molecular formula is C12H21N3O2. The first kappa shape index (κ1) is 12.5. The van der Waals surface area contributed by atoms with Crippen molar-refractivity contribution in [1.29, 1.82) is 0 Å². The molecule has 1 aromatic rings. The molecule has 0 amide bonds. The van der Waals surface area contributed by atoms with E-state index in [4.69, 9.17) is 15.4 Å². The largest absolute Gasteiger partial charge is 0.396 e. The lowest BCUT2D eigenvalue weighted by Crippen LogP contribution is -2.12. The molecule has 0 radical (unpaired) electrons. The van der Waals surface area contributed by atoms with Crippen molar-refractivity contribution in [3.05, 3.63) is 11.7 Å². The Morgan fingerprint density at radius 1 is 1.53 bits per heavy atom. The molecule has 1 aliphatic carbocycles. The lowest BCUT2D eigenvalue weighted by atomic mass is 10.0. The highest BCUT2D eigenvalue weighted by Gasteiger charge is 2.28. The fraction of sp³-hybridized carbons (Fsp3) is 0.833. The van der Waals surface area contributed by atoms with Crippen LogP contribution in [0.15, 0.2) is 4.52 Å². The fourth-order valence-corrected chi connectivity index (χ4v) is 2.51. The van der Waals surface area contributed by atoms with Crippen LogP contribution in [-0.2, 0) is 0 Å². The summed E-state index contributed by atoms with van der Waals surface area (Å²) in [6, 6.07) is -0.343. The van der Waals surface area contributed by atoms with Gasteiger partial charge in [-0.3, -0.25) is 0 Å². The summed E-state index contributed by atoms with van der Waals surface area (Å²) >= 11 is 0. The van der Waals surface area contributed by atoms with Gasteiger partial charge < -0.3 is 15.4 Å². The highest BCUT2D eigenvalue weighted by atomic mass is 16.5. The molecule has 96 valence electrons. The number of aliphatic hydroxyl groups is 1. The minimum absolute atomic E-state index is 0.0419. The Labute approximate surface area is 101 Å². The van der Waals surface area contributed by atoms with Crippen molar-refractivity contribution in [2.45, 2.75) is 51.0 Å². The van der Waals surface area contributed by atoms with Crippen molar-refractivity contribution in [3.63, 3.8) is 0 Å². The van der Waals surface area contributed by atoms with E-state index in [1.54, 1.807) is 0 Å². The van der Waals surface area contributed by atoms with E-state index in [2.05, 4.69) is 17.1 Å². The van der Waals surface area contributed by atoms with Gasteiger partial charge in [0.05, 0.1) is 6.04 Å². The molecule has 17 heavy (non-hydrogen) atoms. The number of hydrogen-bond acceptors (Lipinski definition) is 5. The first-order valence-corrected chi connectivity index (χ1v) is 6.44. The zero-order chi connectivity index (χ0) is 12.3. The van der Waals surface area contributed by atoms with Crippen molar-refractivity contribution in [2.75, 3.05) is 6.61 Å². The average molecular weight is 239 g/mol. The van der Waals surface area contributed by atoms with Crippen molar-refractivity contribution >= 4 is 0 Å². The van der Waals surface area contributed by atoms with Crippen molar-refractivity contribution in [3.8, 4) is 0 Å². The van der Waals surface area contributed by atoms with E-state index >= 15 is 0 Å². The van der Waals surface area contributed by atoms with Crippen LogP contribution >= 0.6 is 0 Å². The highest BCUT2D eigenvalue weighted by molar-refractivity contribution is 5.01. The minimum Gasteiger partial charge on any atom is -0.396 e. The molecule has 0 aromatic carbocycles. The quantitative estimate of drug-likeness (QED) is 0.817. The second-order valence-electron chi connectivity index (χ2n) is 4.89. The van der Waals surface area contributed by atoms with E-state index in [1.165, 1.54) is 12.8 Å². The Hall–Kier alpha value is -0.940. The summed E-state index contributed by atoms with van der Waals surface area (Å²) in [5, 5.41) is 12.8. The summed E-state index contributed by atoms with van der Waals surface area (Å²) in [4.78, 5) is 4.37. The number of nitrogens with zero attached hydrogens (tertiary/aromatic N) is 2. The van der Waals surface area contributed by atoms with Crippen molar-refractivity contribution in [2.24, 2.45) is 11.7 Å². The lowest BCUT2D eigenvalue weighted by Gasteiger charge is -2.05. The summed E-state index contributed by atoms with van der Waals surface area (Å²) in [5.41, 5.74) is 5.81. The van der Waals surface area contributed by atoms with Gasteiger partial charge in [0.2, 0.25) is 5.89 Å². The predicted molar refractivity (Wildman–Crippen MR) is 63.3 cm³/mol. The third-order valence-corrected chi connectivity index (χ3v) is 3.70. The smallest absolute Gasteiger partial charge is 0.243 e. The van der Waals surface area contributed by atoms with Crippen LogP contribution in [0.25, 0.3) is 0 Å². The molecule has 1 saturated carbocycles. The summed E-state index contributed by atoms with van der Waals surface area (Å²) in [5.74, 6) is 2.48. The normalized spacial score (nSPS) is 26.3. The Balaban J connectivity index is 1.98. The van der Waals surface area contributed by atoms with Gasteiger partial charge in [-0.2, -0.15) is 4.98 Å². The van der Waals surface area contributed by atoms with Gasteiger partial charge in [0.1, 0.15) is 0 Å². The van der Waals surface area contributed by atoms with E-state index in [-0.39, 0.29) is 12.6 Å². The van der Waals surface area contributed by atoms with Gasteiger partial charge in [-0.1, -0.05) is 18.5 Å². The molecule has 5 heteroatoms. The molecule has 5 nitrogen and oxygen atoms in total. The van der Waals surface area contributed by atoms with E-state index in [0.29, 0.717) is 18.2 Å². The monoisotopic (exact) mass is 239 g/mol. The van der Waals surface area contributed by atoms with Crippen molar-refractivity contribution in [1.82, 2.24) is 10.1 Å². The summed E-state index contributed by atoms with van der Waals surface area (Å²) in [6.07, 6.45) is 5.25. The zero-order valence-corrected chi connectivity index (χ0v) is 10.3. The van der Waals surface area contributed by atoms with E-state index in [1.807, 2.05) is 0 Å². The number of nitrogens with two attached hydrogens (primary N) is 1. The van der Waals surface area contributed by atoms with Gasteiger partial charge in [0, 0.05) is 12.5 Å². The van der Waals surface area contributed by atoms with Crippen LogP contribution in [0.2, 0.25) is 0 Å². The maximum Gasteiger partial charge on any atom is 0.243 e. The third-order valence-electron chi connectivity index (χ3n) is 3.70. The number of hydrogen-bond donors (Lipinski definition) is 2. The van der Waals surface area contributed by atoms with Crippen molar-refractivity contribution < 1.29 is 9.63 Å². The predicted octanol–water partition coefficient (Wildman–Crippen LogP) is 1.75. The fourth-order valence-electron chi connectivity index (χ4n) is 2.51. The molecule has 1 aliphatic rings. The van der Waals surface area contributed by atoms with Crippen LogP contribution in [0.1, 0.15) is 62.7 Å². The Morgan fingerprint density at radius 3 is 3.00 bits per heavy atom. The van der Waals surface area contributed by atoms with Gasteiger partial charge >= 0.3 is 0 Å². The maximum atomic E-state index is 8.81. The van der Waals surface area contributed by atoms with Gasteiger partial charge in [-0.05, 0) is 31.6 Å². The van der Waals surface area contributed by atoms with Crippen LogP contribution in [0.5, 0.6) is 0 Å². The van der Waals surface area contributed by atoms with E-state index in [9.17, 15) is 0 Å². The Morgan fingerprint density at radius 2 is 2.35 bits per heavy atom. The first-order chi connectivity index (χ1) is 8.24. The summed E-state index contributed by atoms with van der Waals surface area (Å²) in [6.45, 7) is 2.27. The molecule has 2 rings (SSSR count). The van der Waals surface area contributed by atoms with Gasteiger partial charge in [-0.15, -0.1) is 0 Å². The SMILES string of the molecule is CCC1CCC(c2noc(C(N)CCO)n2)C1. The van der Waals surface area contributed by atoms with Crippen LogP contribution < -0.4 is 5.73 Å². The summed E-state index contributed by atoms with van der Waals surface area (Å²) in [7, 11) is 0. The second-order valence-corrected chi connectivity index (χ2v) is 4.89. The van der Waals surface area contributed by atoms with Crippen LogP contribution in [0.3, 0.4) is 0 Å². The molecule has 3 atom stereocenters. The van der Waals surface area contributed by atoms with Crippen LogP contribution in [0, 0.1) is 5.92 Å². The highest BCUT2D eigenvalue weighted by Crippen LogP contribution is 2.38. The zero-order valence-electron chi connectivity index (χ0n) is 10.3. The van der Waals surface area contributed by atoms with E-state index < -0.39 is 0 Å². The molecule has 3 unspecified atom stereocenters. The molecule has 1 aromatic heterocycles. The standard InChI is InChI=1S/C12H21N3O2/c1-2-8-3-4-9(7-8)11-14-12(17-15-11)10(13)5-6-16/h8-10,16H,2-7,13H2,1H3. The molecule has 0 bridgehead atoms. The second kappa shape index (κ2) is 5.60. The van der Waals surface area contributed by atoms with Gasteiger partial charge in [-0.25, -0.2) is 0 Å². The topological polar surface area (TPSA) is 85.2 Å². The molecular weight excluding hydrogens is 218 g/mol. The summed E-state index contributed by atoms with van der Waals surface area (Å²) < 4.78 is 5.16. The van der Waals surface area contributed by atoms with Crippen LogP contribution in [0.4, 0.5) is 0 Å². The number of aliphatic hydroxyl groups excluding tert-OH is 1. The van der Waals surface area contributed by atoms with Crippen LogP contribution in [-0.4, -0.2) is 21.9 Å². The molecule has 0 spiro atoms. The van der Waals surface area contributed by atoms with E-state index in [0.717, 1.165) is 24.6 Å². The molecule has 3 N–H and O–H groups in total. The minimum atomic E-state index is -0.343. The molecule has 1 heterocycles. The molecule has 0 saturated heterocycles. The third kappa shape index (κ3) is 2.84. The molecule has 0 aliphatic heterocycles. The maximum absolute atomic E-state index is 8.81. The molecule has 1 fully saturated rings. The first-order valence-electron chi connectivity index (χ1n) is 6.44. The Kier molecular flexibility index (Phi) is 4.12. The van der Waals surface area contributed by atoms with Gasteiger partial charge in [0.25, 0.3) is 0 Å². The Bertz CT molecular complexity index is 353. The van der Waals surface area contributed by atoms with Gasteiger partial charge in [0.15, 0.2) is 5.82 Å². The average Bonchev–Trinajstić information content (AvgIpc) is 2.98.